The van der Waals surface area contributed by atoms with E-state index in [9.17, 15) is 4.39 Å². The summed E-state index contributed by atoms with van der Waals surface area (Å²) in [7, 11) is 0. The number of fused-ring (bicyclic) bond motifs is 2. The monoisotopic (exact) mass is 273 g/mol. The second kappa shape index (κ2) is 4.84. The fourth-order valence-electron chi connectivity index (χ4n) is 4.73. The van der Waals surface area contributed by atoms with Crippen LogP contribution in [0.15, 0.2) is 18.2 Å². The van der Waals surface area contributed by atoms with Crippen LogP contribution >= 0.6 is 0 Å². The Morgan fingerprint density at radius 2 is 2.05 bits per heavy atom. The van der Waals surface area contributed by atoms with Gasteiger partial charge in [-0.3, -0.25) is 0 Å². The molecule has 1 heterocycles. The van der Waals surface area contributed by atoms with Gasteiger partial charge in [0.25, 0.3) is 0 Å². The first-order valence-corrected chi connectivity index (χ1v) is 8.27. The van der Waals surface area contributed by atoms with Gasteiger partial charge in [0.15, 0.2) is 0 Å². The SMILES string of the molecule is Fc1ccc2c(c1)C1(CC2)CC1CCC1CCNCC1. The molecule has 2 unspecified atom stereocenters. The van der Waals surface area contributed by atoms with Crippen LogP contribution in [-0.4, -0.2) is 13.1 Å². The highest BCUT2D eigenvalue weighted by molar-refractivity contribution is 5.45. The summed E-state index contributed by atoms with van der Waals surface area (Å²) < 4.78 is 13.5. The molecule has 1 saturated carbocycles. The van der Waals surface area contributed by atoms with Crippen molar-refractivity contribution in [2.75, 3.05) is 13.1 Å². The molecule has 4 rings (SSSR count). The number of halogens is 1. The predicted octanol–water partition coefficient (Wildman–Crippen LogP) is 3.81. The van der Waals surface area contributed by atoms with Crippen LogP contribution in [0.3, 0.4) is 0 Å². The average molecular weight is 273 g/mol. The van der Waals surface area contributed by atoms with Gasteiger partial charge in [-0.15, -0.1) is 0 Å². The van der Waals surface area contributed by atoms with E-state index in [4.69, 9.17) is 0 Å². The van der Waals surface area contributed by atoms with Crippen LogP contribution in [0.4, 0.5) is 4.39 Å². The lowest BCUT2D eigenvalue weighted by Crippen LogP contribution is -2.27. The smallest absolute Gasteiger partial charge is 0.123 e. The molecule has 1 aliphatic heterocycles. The molecule has 1 saturated heterocycles. The van der Waals surface area contributed by atoms with Crippen LogP contribution < -0.4 is 5.32 Å². The molecule has 2 fully saturated rings. The number of hydrogen-bond donors (Lipinski definition) is 1. The number of rotatable bonds is 3. The minimum absolute atomic E-state index is 0.0472. The molecule has 108 valence electrons. The van der Waals surface area contributed by atoms with E-state index in [2.05, 4.69) is 5.32 Å². The van der Waals surface area contributed by atoms with E-state index in [0.717, 1.165) is 11.8 Å². The topological polar surface area (TPSA) is 12.0 Å². The molecule has 3 aliphatic rings. The maximum atomic E-state index is 13.5. The van der Waals surface area contributed by atoms with E-state index in [1.54, 1.807) is 6.07 Å². The van der Waals surface area contributed by atoms with Crippen molar-refractivity contribution in [1.29, 1.82) is 0 Å². The number of aryl methyl sites for hydroxylation is 1. The Bertz CT molecular complexity index is 506. The summed E-state index contributed by atoms with van der Waals surface area (Å²) in [4.78, 5) is 0. The lowest BCUT2D eigenvalue weighted by atomic mass is 9.88. The first kappa shape index (κ1) is 12.8. The summed E-state index contributed by atoms with van der Waals surface area (Å²) in [5, 5.41) is 3.44. The third kappa shape index (κ3) is 2.09. The first-order valence-electron chi connectivity index (χ1n) is 8.27. The summed E-state index contributed by atoms with van der Waals surface area (Å²) in [6.07, 6.45) is 9.20. The zero-order chi connectivity index (χ0) is 13.6. The van der Waals surface area contributed by atoms with Crippen LogP contribution in [0, 0.1) is 17.7 Å². The fraction of sp³-hybridized carbons (Fsp3) is 0.667. The third-order valence-corrected chi connectivity index (χ3v) is 6.06. The Balaban J connectivity index is 1.41. The van der Waals surface area contributed by atoms with Crippen molar-refractivity contribution in [2.24, 2.45) is 11.8 Å². The molecule has 2 heteroatoms. The van der Waals surface area contributed by atoms with Gasteiger partial charge in [-0.05, 0) is 92.1 Å². The number of hydrogen-bond acceptors (Lipinski definition) is 1. The van der Waals surface area contributed by atoms with Crippen LogP contribution in [0.1, 0.15) is 49.7 Å². The van der Waals surface area contributed by atoms with Crippen molar-refractivity contribution >= 4 is 0 Å². The van der Waals surface area contributed by atoms with Gasteiger partial charge in [0, 0.05) is 0 Å². The highest BCUT2D eigenvalue weighted by Crippen LogP contribution is 2.63. The van der Waals surface area contributed by atoms with Gasteiger partial charge < -0.3 is 5.32 Å². The van der Waals surface area contributed by atoms with Crippen molar-refractivity contribution in [2.45, 2.75) is 50.4 Å². The van der Waals surface area contributed by atoms with Crippen molar-refractivity contribution in [3.05, 3.63) is 35.1 Å². The summed E-state index contributed by atoms with van der Waals surface area (Å²) >= 11 is 0. The van der Waals surface area contributed by atoms with E-state index < -0.39 is 0 Å². The second-order valence-corrected chi connectivity index (χ2v) is 7.13. The molecule has 1 spiro atoms. The zero-order valence-electron chi connectivity index (χ0n) is 12.1. The molecular weight excluding hydrogens is 249 g/mol. The molecule has 2 aliphatic carbocycles. The lowest BCUT2D eigenvalue weighted by molar-refractivity contribution is 0.335. The Hall–Kier alpha value is -0.890. The quantitative estimate of drug-likeness (QED) is 0.883. The van der Waals surface area contributed by atoms with Crippen molar-refractivity contribution < 1.29 is 4.39 Å². The normalized spacial score (nSPS) is 32.5. The Kier molecular flexibility index (Phi) is 3.10. The standard InChI is InChI=1S/C18H24FN/c19-16-4-2-14-5-8-18(17(14)11-16)12-15(18)3-1-13-6-9-20-10-7-13/h2,4,11,13,15,20H,1,3,5-10,12H2. The number of piperidine rings is 1. The first-order chi connectivity index (χ1) is 9.78. The maximum absolute atomic E-state index is 13.5. The van der Waals surface area contributed by atoms with Gasteiger partial charge in [-0.25, -0.2) is 4.39 Å². The molecule has 0 amide bonds. The van der Waals surface area contributed by atoms with E-state index in [0.29, 0.717) is 5.41 Å². The predicted molar refractivity (Wildman–Crippen MR) is 79.3 cm³/mol. The van der Waals surface area contributed by atoms with E-state index in [-0.39, 0.29) is 5.82 Å². The van der Waals surface area contributed by atoms with Crippen molar-refractivity contribution in [3.8, 4) is 0 Å². The van der Waals surface area contributed by atoms with Crippen molar-refractivity contribution in [3.63, 3.8) is 0 Å². The maximum Gasteiger partial charge on any atom is 0.123 e. The highest BCUT2D eigenvalue weighted by Gasteiger charge is 2.57. The van der Waals surface area contributed by atoms with Crippen LogP contribution in [0.2, 0.25) is 0 Å². The Morgan fingerprint density at radius 3 is 2.90 bits per heavy atom. The molecule has 20 heavy (non-hydrogen) atoms. The third-order valence-electron chi connectivity index (χ3n) is 6.06. The van der Waals surface area contributed by atoms with Gasteiger partial charge in [0.2, 0.25) is 0 Å². The van der Waals surface area contributed by atoms with Gasteiger partial charge in [0.05, 0.1) is 0 Å². The summed E-state index contributed by atoms with van der Waals surface area (Å²) in [5.74, 6) is 1.72. The molecule has 0 bridgehead atoms. The van der Waals surface area contributed by atoms with Crippen LogP contribution in [0.25, 0.3) is 0 Å². The number of nitrogens with one attached hydrogen (secondary N) is 1. The molecule has 0 radical (unpaired) electrons. The van der Waals surface area contributed by atoms with Crippen molar-refractivity contribution in [1.82, 2.24) is 5.32 Å². The minimum Gasteiger partial charge on any atom is -0.317 e. The molecule has 1 N–H and O–H groups in total. The van der Waals surface area contributed by atoms with E-state index in [1.165, 1.54) is 69.2 Å². The fourth-order valence-corrected chi connectivity index (χ4v) is 4.73. The lowest BCUT2D eigenvalue weighted by Gasteiger charge is -2.23. The molecule has 1 aromatic rings. The number of benzene rings is 1. The van der Waals surface area contributed by atoms with Crippen LogP contribution in [0.5, 0.6) is 0 Å². The summed E-state index contributed by atoms with van der Waals surface area (Å²) in [5.41, 5.74) is 3.15. The van der Waals surface area contributed by atoms with Gasteiger partial charge >= 0.3 is 0 Å². The van der Waals surface area contributed by atoms with E-state index >= 15 is 0 Å². The largest absolute Gasteiger partial charge is 0.317 e. The van der Waals surface area contributed by atoms with Gasteiger partial charge in [-0.2, -0.15) is 0 Å². The molecular formula is C18H24FN. The zero-order valence-corrected chi connectivity index (χ0v) is 12.1. The summed E-state index contributed by atoms with van der Waals surface area (Å²) in [6, 6.07) is 5.47. The van der Waals surface area contributed by atoms with Crippen LogP contribution in [-0.2, 0) is 11.8 Å². The Labute approximate surface area is 121 Å². The highest BCUT2D eigenvalue weighted by atomic mass is 19.1. The molecule has 1 nitrogen and oxygen atoms in total. The van der Waals surface area contributed by atoms with E-state index in [1.807, 2.05) is 12.1 Å². The van der Waals surface area contributed by atoms with Gasteiger partial charge in [-0.1, -0.05) is 12.5 Å². The molecule has 1 aromatic carbocycles. The second-order valence-electron chi connectivity index (χ2n) is 7.13. The molecule has 2 atom stereocenters. The summed E-state index contributed by atoms with van der Waals surface area (Å²) in [6.45, 7) is 2.41. The van der Waals surface area contributed by atoms with Gasteiger partial charge in [0.1, 0.15) is 5.82 Å². The average Bonchev–Trinajstić information content (AvgIpc) is 3.08. The Morgan fingerprint density at radius 1 is 1.20 bits per heavy atom. The molecule has 0 aromatic heterocycles. The minimum atomic E-state index is -0.0472.